The van der Waals surface area contributed by atoms with Gasteiger partial charge in [0.2, 0.25) is 0 Å². The number of rotatable bonds is 3. The Morgan fingerprint density at radius 2 is 2.33 bits per heavy atom. The fourth-order valence-corrected chi connectivity index (χ4v) is 2.42. The molecule has 2 N–H and O–H groups in total. The standard InChI is InChI=1S/C14H20N2O2/c1-10(17)9-16(2)14(18)13-5-3-4-11-8-15-7-6-12(11)13/h3-5,10,15,17H,6-9H2,1-2H3. The van der Waals surface area contributed by atoms with Crippen molar-refractivity contribution in [3.8, 4) is 0 Å². The Morgan fingerprint density at radius 3 is 3.06 bits per heavy atom. The molecule has 0 aromatic heterocycles. The molecule has 0 aliphatic carbocycles. The van der Waals surface area contributed by atoms with Crippen LogP contribution in [0.25, 0.3) is 0 Å². The normalized spacial score (nSPS) is 15.9. The number of likely N-dealkylation sites (N-methyl/N-ethyl adjacent to an activating group) is 1. The van der Waals surface area contributed by atoms with Crippen molar-refractivity contribution in [2.75, 3.05) is 20.1 Å². The molecule has 4 heteroatoms. The molecule has 0 saturated heterocycles. The van der Waals surface area contributed by atoms with Crippen LogP contribution in [0.4, 0.5) is 0 Å². The molecule has 1 amide bonds. The van der Waals surface area contributed by atoms with Crippen molar-refractivity contribution in [3.05, 3.63) is 34.9 Å². The van der Waals surface area contributed by atoms with Gasteiger partial charge >= 0.3 is 0 Å². The molecule has 0 radical (unpaired) electrons. The molecular weight excluding hydrogens is 228 g/mol. The zero-order valence-electron chi connectivity index (χ0n) is 10.9. The van der Waals surface area contributed by atoms with E-state index in [9.17, 15) is 9.90 Å². The summed E-state index contributed by atoms with van der Waals surface area (Å²) in [7, 11) is 1.73. The van der Waals surface area contributed by atoms with E-state index in [0.29, 0.717) is 6.54 Å². The molecule has 0 bridgehead atoms. The van der Waals surface area contributed by atoms with Gasteiger partial charge in [-0.1, -0.05) is 12.1 Å². The number of carbonyl (C=O) groups excluding carboxylic acids is 1. The Morgan fingerprint density at radius 1 is 1.56 bits per heavy atom. The third-order valence-electron chi connectivity index (χ3n) is 3.26. The summed E-state index contributed by atoms with van der Waals surface area (Å²) in [5.41, 5.74) is 3.13. The van der Waals surface area contributed by atoms with E-state index in [2.05, 4.69) is 11.4 Å². The maximum Gasteiger partial charge on any atom is 0.253 e. The molecule has 1 aromatic carbocycles. The van der Waals surface area contributed by atoms with Gasteiger partial charge in [-0.25, -0.2) is 0 Å². The first kappa shape index (κ1) is 13.1. The van der Waals surface area contributed by atoms with Gasteiger partial charge in [0, 0.05) is 25.7 Å². The van der Waals surface area contributed by atoms with Gasteiger partial charge in [-0.2, -0.15) is 0 Å². The average molecular weight is 248 g/mol. The van der Waals surface area contributed by atoms with Crippen LogP contribution in [0.3, 0.4) is 0 Å². The second-order valence-electron chi connectivity index (χ2n) is 4.90. The first-order chi connectivity index (χ1) is 8.59. The SMILES string of the molecule is CC(O)CN(C)C(=O)c1cccc2c1CCNC2. The van der Waals surface area contributed by atoms with Crippen LogP contribution in [0.5, 0.6) is 0 Å². The van der Waals surface area contributed by atoms with Gasteiger partial charge in [0.1, 0.15) is 0 Å². The zero-order chi connectivity index (χ0) is 13.1. The van der Waals surface area contributed by atoms with Gasteiger partial charge in [-0.15, -0.1) is 0 Å². The summed E-state index contributed by atoms with van der Waals surface area (Å²) in [6.45, 7) is 3.79. The number of fused-ring (bicyclic) bond motifs is 1. The number of hydrogen-bond donors (Lipinski definition) is 2. The quantitative estimate of drug-likeness (QED) is 0.831. The molecule has 1 unspecified atom stereocenters. The number of aliphatic hydroxyl groups is 1. The summed E-state index contributed by atoms with van der Waals surface area (Å²) in [6.07, 6.45) is 0.389. The summed E-state index contributed by atoms with van der Waals surface area (Å²) in [5.74, 6) is -0.00495. The average Bonchev–Trinajstić information content (AvgIpc) is 2.36. The number of nitrogens with one attached hydrogen (secondary N) is 1. The maximum absolute atomic E-state index is 12.3. The van der Waals surface area contributed by atoms with E-state index in [4.69, 9.17) is 0 Å². The number of amides is 1. The van der Waals surface area contributed by atoms with E-state index < -0.39 is 6.10 Å². The largest absolute Gasteiger partial charge is 0.392 e. The van der Waals surface area contributed by atoms with E-state index in [1.807, 2.05) is 12.1 Å². The molecule has 1 aliphatic rings. The highest BCUT2D eigenvalue weighted by molar-refractivity contribution is 5.96. The minimum atomic E-state index is -0.500. The van der Waals surface area contributed by atoms with E-state index in [1.165, 1.54) is 5.56 Å². The van der Waals surface area contributed by atoms with Crippen LogP contribution in [0.2, 0.25) is 0 Å². The van der Waals surface area contributed by atoms with Gasteiger partial charge in [0.05, 0.1) is 6.10 Å². The van der Waals surface area contributed by atoms with Crippen LogP contribution < -0.4 is 5.32 Å². The monoisotopic (exact) mass is 248 g/mol. The molecule has 0 spiro atoms. The lowest BCUT2D eigenvalue weighted by atomic mass is 9.95. The van der Waals surface area contributed by atoms with Crippen molar-refractivity contribution in [2.45, 2.75) is 26.0 Å². The Balaban J connectivity index is 2.25. The molecule has 0 saturated carbocycles. The second kappa shape index (κ2) is 5.50. The van der Waals surface area contributed by atoms with Crippen LogP contribution in [-0.2, 0) is 13.0 Å². The predicted octanol–water partition coefficient (Wildman–Crippen LogP) is 0.785. The summed E-state index contributed by atoms with van der Waals surface area (Å²) >= 11 is 0. The highest BCUT2D eigenvalue weighted by atomic mass is 16.3. The maximum atomic E-state index is 12.3. The topological polar surface area (TPSA) is 52.6 Å². The number of carbonyl (C=O) groups is 1. The van der Waals surface area contributed by atoms with Gasteiger partial charge in [-0.05, 0) is 37.1 Å². The van der Waals surface area contributed by atoms with Crippen LogP contribution in [0.15, 0.2) is 18.2 Å². The molecule has 18 heavy (non-hydrogen) atoms. The molecule has 98 valence electrons. The van der Waals surface area contributed by atoms with Crippen LogP contribution in [0, 0.1) is 0 Å². The number of aliphatic hydroxyl groups excluding tert-OH is 1. The first-order valence-electron chi connectivity index (χ1n) is 6.34. The highest BCUT2D eigenvalue weighted by Crippen LogP contribution is 2.19. The second-order valence-corrected chi connectivity index (χ2v) is 4.90. The third kappa shape index (κ3) is 2.71. The van der Waals surface area contributed by atoms with E-state index in [-0.39, 0.29) is 5.91 Å². The molecule has 1 heterocycles. The summed E-state index contributed by atoms with van der Waals surface area (Å²) in [5, 5.41) is 12.7. The number of benzene rings is 1. The summed E-state index contributed by atoms with van der Waals surface area (Å²) in [6, 6.07) is 5.87. The first-order valence-corrected chi connectivity index (χ1v) is 6.34. The van der Waals surface area contributed by atoms with Gasteiger partial charge in [0.15, 0.2) is 0 Å². The lowest BCUT2D eigenvalue weighted by molar-refractivity contribution is 0.0702. The minimum absolute atomic E-state index is 0.00495. The van der Waals surface area contributed by atoms with Gasteiger partial charge in [0.25, 0.3) is 5.91 Å². The van der Waals surface area contributed by atoms with Gasteiger partial charge < -0.3 is 15.3 Å². The molecule has 4 nitrogen and oxygen atoms in total. The summed E-state index contributed by atoms with van der Waals surface area (Å²) in [4.78, 5) is 13.9. The zero-order valence-corrected chi connectivity index (χ0v) is 10.9. The molecule has 0 fully saturated rings. The Hall–Kier alpha value is -1.39. The van der Waals surface area contributed by atoms with Crippen molar-refractivity contribution >= 4 is 5.91 Å². The molecule has 2 rings (SSSR count). The fraction of sp³-hybridized carbons (Fsp3) is 0.500. The number of hydrogen-bond acceptors (Lipinski definition) is 3. The fourth-order valence-electron chi connectivity index (χ4n) is 2.42. The van der Waals surface area contributed by atoms with Crippen LogP contribution in [0.1, 0.15) is 28.4 Å². The molecule has 1 aromatic rings. The smallest absolute Gasteiger partial charge is 0.253 e. The van der Waals surface area contributed by atoms with Crippen molar-refractivity contribution in [1.29, 1.82) is 0 Å². The number of nitrogens with zero attached hydrogens (tertiary/aromatic N) is 1. The van der Waals surface area contributed by atoms with Crippen LogP contribution in [-0.4, -0.2) is 42.2 Å². The van der Waals surface area contributed by atoms with E-state index in [0.717, 1.165) is 30.6 Å². The van der Waals surface area contributed by atoms with Crippen molar-refractivity contribution in [1.82, 2.24) is 10.2 Å². The van der Waals surface area contributed by atoms with E-state index in [1.54, 1.807) is 18.9 Å². The van der Waals surface area contributed by atoms with Crippen molar-refractivity contribution < 1.29 is 9.90 Å². The van der Waals surface area contributed by atoms with Crippen LogP contribution >= 0.6 is 0 Å². The molecule has 1 aliphatic heterocycles. The summed E-state index contributed by atoms with van der Waals surface area (Å²) < 4.78 is 0. The Labute approximate surface area is 108 Å². The Kier molecular flexibility index (Phi) is 3.99. The molecule has 1 atom stereocenters. The molecular formula is C14H20N2O2. The minimum Gasteiger partial charge on any atom is -0.392 e. The Bertz CT molecular complexity index is 443. The lowest BCUT2D eigenvalue weighted by Crippen LogP contribution is -2.35. The van der Waals surface area contributed by atoms with Crippen molar-refractivity contribution in [3.63, 3.8) is 0 Å². The highest BCUT2D eigenvalue weighted by Gasteiger charge is 2.20. The van der Waals surface area contributed by atoms with Gasteiger partial charge in [-0.3, -0.25) is 4.79 Å². The van der Waals surface area contributed by atoms with E-state index >= 15 is 0 Å². The van der Waals surface area contributed by atoms with Crippen molar-refractivity contribution in [2.24, 2.45) is 0 Å². The lowest BCUT2D eigenvalue weighted by Gasteiger charge is -2.24. The third-order valence-corrected chi connectivity index (χ3v) is 3.26. The predicted molar refractivity (Wildman–Crippen MR) is 70.5 cm³/mol.